The molecule has 0 radical (unpaired) electrons. The molecule has 2 rings (SSSR count). The van der Waals surface area contributed by atoms with Gasteiger partial charge in [0.15, 0.2) is 5.78 Å². The zero-order chi connectivity index (χ0) is 18.6. The molecule has 0 heterocycles. The first-order valence-electron chi connectivity index (χ1n) is 8.95. The van der Waals surface area contributed by atoms with E-state index in [4.69, 9.17) is 4.74 Å². The fraction of sp³-hybridized carbons (Fsp3) is 0.524. The Bertz CT molecular complexity index is 640. The summed E-state index contributed by atoms with van der Waals surface area (Å²) >= 11 is 0. The topological polar surface area (TPSA) is 63.6 Å². The zero-order valence-corrected chi connectivity index (χ0v) is 15.4. The van der Waals surface area contributed by atoms with Gasteiger partial charge in [0.1, 0.15) is 12.2 Å². The van der Waals surface area contributed by atoms with Gasteiger partial charge in [-0.25, -0.2) is 4.79 Å². The Labute approximate surface area is 149 Å². The van der Waals surface area contributed by atoms with E-state index in [1.54, 1.807) is 6.08 Å². The fourth-order valence-corrected chi connectivity index (χ4v) is 3.29. The summed E-state index contributed by atoms with van der Waals surface area (Å²) in [6.45, 7) is 8.23. The van der Waals surface area contributed by atoms with Crippen molar-refractivity contribution in [3.8, 4) is 0 Å². The van der Waals surface area contributed by atoms with Crippen molar-refractivity contribution in [2.45, 2.75) is 52.7 Å². The van der Waals surface area contributed by atoms with Crippen LogP contribution in [-0.4, -0.2) is 29.1 Å². The van der Waals surface area contributed by atoms with E-state index in [1.807, 2.05) is 38.2 Å². The minimum atomic E-state index is -0.982. The number of esters is 1. The lowest BCUT2D eigenvalue weighted by molar-refractivity contribution is -0.145. The molecular formula is C21H28O4. The van der Waals surface area contributed by atoms with E-state index >= 15 is 0 Å². The summed E-state index contributed by atoms with van der Waals surface area (Å²) in [5.74, 6) is -0.193. The minimum Gasteiger partial charge on any atom is -0.455 e. The van der Waals surface area contributed by atoms with Crippen molar-refractivity contribution in [3.05, 3.63) is 48.1 Å². The van der Waals surface area contributed by atoms with Crippen molar-refractivity contribution in [2.75, 3.05) is 0 Å². The molecule has 4 heteroatoms. The second-order valence-corrected chi connectivity index (χ2v) is 7.32. The van der Waals surface area contributed by atoms with Crippen LogP contribution < -0.4 is 0 Å². The summed E-state index contributed by atoms with van der Waals surface area (Å²) in [6, 6.07) is 0. The van der Waals surface area contributed by atoms with Crippen molar-refractivity contribution in [1.82, 2.24) is 0 Å². The number of rotatable bonds is 5. The third kappa shape index (κ3) is 4.37. The lowest BCUT2D eigenvalue weighted by Crippen LogP contribution is -2.45. The SMILES string of the molecule is CC[C@H](C)/C=C/C=C/C(=O)OC1C=CC2=CC(=O)[C@H](O)C[C@]2(C)[C@H]1C. The number of carbonyl (C=O) groups is 2. The van der Waals surface area contributed by atoms with E-state index in [2.05, 4.69) is 13.8 Å². The Kier molecular flexibility index (Phi) is 6.17. The summed E-state index contributed by atoms with van der Waals surface area (Å²) in [5, 5.41) is 9.93. The van der Waals surface area contributed by atoms with E-state index in [-0.39, 0.29) is 23.2 Å². The number of ketones is 1. The first-order valence-corrected chi connectivity index (χ1v) is 8.95. The van der Waals surface area contributed by atoms with Gasteiger partial charge in [-0.3, -0.25) is 4.79 Å². The van der Waals surface area contributed by atoms with E-state index in [1.165, 1.54) is 12.2 Å². The molecule has 136 valence electrons. The van der Waals surface area contributed by atoms with Crippen LogP contribution >= 0.6 is 0 Å². The average molecular weight is 344 g/mol. The van der Waals surface area contributed by atoms with Crippen molar-refractivity contribution in [2.24, 2.45) is 17.3 Å². The molecule has 0 saturated heterocycles. The molecule has 0 saturated carbocycles. The number of aliphatic hydroxyl groups excluding tert-OH is 1. The molecule has 2 aliphatic carbocycles. The predicted molar refractivity (Wildman–Crippen MR) is 97.7 cm³/mol. The number of ether oxygens (including phenoxy) is 1. The van der Waals surface area contributed by atoms with Crippen LogP contribution in [0.5, 0.6) is 0 Å². The summed E-state index contributed by atoms with van der Waals surface area (Å²) < 4.78 is 5.57. The number of fused-ring (bicyclic) bond motifs is 1. The van der Waals surface area contributed by atoms with Crippen LogP contribution in [0.1, 0.15) is 40.5 Å². The average Bonchev–Trinajstić information content (AvgIpc) is 2.57. The van der Waals surface area contributed by atoms with E-state index in [9.17, 15) is 14.7 Å². The second-order valence-electron chi connectivity index (χ2n) is 7.32. The Balaban J connectivity index is 2.05. The zero-order valence-electron chi connectivity index (χ0n) is 15.4. The van der Waals surface area contributed by atoms with E-state index < -0.39 is 12.1 Å². The van der Waals surface area contributed by atoms with Gasteiger partial charge in [-0.2, -0.15) is 0 Å². The molecule has 0 aromatic heterocycles. The molecule has 25 heavy (non-hydrogen) atoms. The van der Waals surface area contributed by atoms with Crippen LogP contribution in [0, 0.1) is 17.3 Å². The molecule has 4 nitrogen and oxygen atoms in total. The Morgan fingerprint density at radius 2 is 2.20 bits per heavy atom. The van der Waals surface area contributed by atoms with E-state index in [0.717, 1.165) is 12.0 Å². The van der Waals surface area contributed by atoms with Gasteiger partial charge in [-0.1, -0.05) is 58.4 Å². The molecule has 5 atom stereocenters. The number of allylic oxidation sites excluding steroid dienone is 5. The Hall–Kier alpha value is -1.94. The van der Waals surface area contributed by atoms with E-state index in [0.29, 0.717) is 12.3 Å². The number of carbonyl (C=O) groups excluding carboxylic acids is 2. The molecule has 0 aromatic rings. The van der Waals surface area contributed by atoms with Gasteiger partial charge in [-0.15, -0.1) is 0 Å². The van der Waals surface area contributed by atoms with Crippen molar-refractivity contribution in [1.29, 1.82) is 0 Å². The van der Waals surface area contributed by atoms with Crippen LogP contribution in [0.2, 0.25) is 0 Å². The normalized spacial score (nSPS) is 33.4. The summed E-state index contributed by atoms with van der Waals surface area (Å²) in [5.41, 5.74) is 0.516. The van der Waals surface area contributed by atoms with Gasteiger partial charge in [0.05, 0.1) is 0 Å². The van der Waals surface area contributed by atoms with Crippen molar-refractivity contribution >= 4 is 11.8 Å². The second kappa shape index (κ2) is 7.96. The molecular weight excluding hydrogens is 316 g/mol. The molecule has 1 unspecified atom stereocenters. The lowest BCUT2D eigenvalue weighted by atomic mass is 9.61. The largest absolute Gasteiger partial charge is 0.455 e. The summed E-state index contributed by atoms with van der Waals surface area (Å²) in [7, 11) is 0. The lowest BCUT2D eigenvalue weighted by Gasteiger charge is -2.45. The molecule has 0 aliphatic heterocycles. The number of hydrogen-bond acceptors (Lipinski definition) is 4. The number of hydrogen-bond donors (Lipinski definition) is 1. The highest BCUT2D eigenvalue weighted by atomic mass is 16.5. The maximum Gasteiger partial charge on any atom is 0.331 e. The van der Waals surface area contributed by atoms with Gasteiger partial charge in [-0.05, 0) is 30.1 Å². The molecule has 0 aromatic carbocycles. The van der Waals surface area contributed by atoms with Gasteiger partial charge >= 0.3 is 5.97 Å². The van der Waals surface area contributed by atoms with Crippen LogP contribution in [-0.2, 0) is 14.3 Å². The van der Waals surface area contributed by atoms with Gasteiger partial charge < -0.3 is 9.84 Å². The maximum absolute atomic E-state index is 12.1. The third-order valence-corrected chi connectivity index (χ3v) is 5.55. The standard InChI is InChI=1S/C21H28O4/c1-5-14(2)8-6-7-9-20(24)25-19-11-10-16-12-17(22)18(23)13-21(16,4)15(19)3/h6-12,14-15,18-19,23H,5,13H2,1-4H3/b8-6+,9-7+/t14-,15-,18+,19?,21+/m0/s1. The molecule has 0 fully saturated rings. The van der Waals surface area contributed by atoms with Crippen LogP contribution in [0.15, 0.2) is 48.1 Å². The predicted octanol–water partition coefficient (Wildman–Crippen LogP) is 3.53. The number of aliphatic hydroxyl groups is 1. The van der Waals surface area contributed by atoms with Gasteiger partial charge in [0.2, 0.25) is 0 Å². The summed E-state index contributed by atoms with van der Waals surface area (Å²) in [4.78, 5) is 23.8. The summed E-state index contributed by atoms with van der Waals surface area (Å²) in [6.07, 6.45) is 12.3. The maximum atomic E-state index is 12.1. The first kappa shape index (κ1) is 19.4. The fourth-order valence-electron chi connectivity index (χ4n) is 3.29. The van der Waals surface area contributed by atoms with Gasteiger partial charge in [0, 0.05) is 17.4 Å². The van der Waals surface area contributed by atoms with Crippen LogP contribution in [0.4, 0.5) is 0 Å². The molecule has 2 aliphatic rings. The first-order chi connectivity index (χ1) is 11.8. The molecule has 0 bridgehead atoms. The minimum absolute atomic E-state index is 0.0282. The van der Waals surface area contributed by atoms with Crippen LogP contribution in [0.3, 0.4) is 0 Å². The smallest absolute Gasteiger partial charge is 0.331 e. The highest BCUT2D eigenvalue weighted by Gasteiger charge is 2.46. The highest BCUT2D eigenvalue weighted by Crippen LogP contribution is 2.48. The van der Waals surface area contributed by atoms with Gasteiger partial charge in [0.25, 0.3) is 0 Å². The molecule has 1 N–H and O–H groups in total. The monoisotopic (exact) mass is 344 g/mol. The third-order valence-electron chi connectivity index (χ3n) is 5.55. The Morgan fingerprint density at radius 1 is 1.48 bits per heavy atom. The van der Waals surface area contributed by atoms with Crippen LogP contribution in [0.25, 0.3) is 0 Å². The molecule has 0 spiro atoms. The van der Waals surface area contributed by atoms with Crippen molar-refractivity contribution in [3.63, 3.8) is 0 Å². The Morgan fingerprint density at radius 3 is 2.88 bits per heavy atom. The van der Waals surface area contributed by atoms with Crippen molar-refractivity contribution < 1.29 is 19.4 Å². The molecule has 0 amide bonds. The highest BCUT2D eigenvalue weighted by molar-refractivity contribution is 5.96. The quantitative estimate of drug-likeness (QED) is 0.471.